The SMILES string of the molecule is CC(NCCC(c1ccccc1)c1ccccc1)c1ccccc1.Cl.O=C(O)CCCCCCCCCCCCC1C=CCC1. The Labute approximate surface area is 280 Å². The van der Waals surface area contributed by atoms with E-state index in [2.05, 4.69) is 115 Å². The van der Waals surface area contributed by atoms with Crippen molar-refractivity contribution in [1.29, 1.82) is 0 Å². The van der Waals surface area contributed by atoms with Crippen molar-refractivity contribution in [1.82, 2.24) is 5.32 Å². The highest BCUT2D eigenvalue weighted by Crippen LogP contribution is 2.28. The Morgan fingerprint density at radius 2 is 1.18 bits per heavy atom. The smallest absolute Gasteiger partial charge is 0.303 e. The Morgan fingerprint density at radius 3 is 1.64 bits per heavy atom. The fourth-order valence-electron chi connectivity index (χ4n) is 6.23. The van der Waals surface area contributed by atoms with E-state index in [4.69, 9.17) is 5.11 Å². The lowest BCUT2D eigenvalue weighted by molar-refractivity contribution is -0.137. The number of unbranched alkanes of at least 4 members (excludes halogenated alkanes) is 9. The van der Waals surface area contributed by atoms with Crippen molar-refractivity contribution in [2.24, 2.45) is 5.92 Å². The monoisotopic (exact) mass is 631 g/mol. The Hall–Kier alpha value is -2.88. The first-order valence-electron chi connectivity index (χ1n) is 17.4. The molecule has 0 saturated carbocycles. The van der Waals surface area contributed by atoms with Crippen LogP contribution >= 0.6 is 12.4 Å². The van der Waals surface area contributed by atoms with Gasteiger partial charge in [0, 0.05) is 18.4 Å². The Bertz CT molecular complexity index is 1110. The molecule has 0 radical (unpaired) electrons. The van der Waals surface area contributed by atoms with Crippen LogP contribution in [0, 0.1) is 5.92 Å². The summed E-state index contributed by atoms with van der Waals surface area (Å²) in [7, 11) is 0. The van der Waals surface area contributed by atoms with Gasteiger partial charge in [-0.2, -0.15) is 0 Å². The highest BCUT2D eigenvalue weighted by atomic mass is 35.5. The second kappa shape index (κ2) is 24.4. The molecule has 4 heteroatoms. The Kier molecular flexibility index (Phi) is 20.7. The van der Waals surface area contributed by atoms with Crippen molar-refractivity contribution >= 4 is 18.4 Å². The lowest BCUT2D eigenvalue weighted by Gasteiger charge is -2.20. The maximum atomic E-state index is 10.3. The molecule has 0 fully saturated rings. The molecular weight excluding hydrogens is 574 g/mol. The van der Waals surface area contributed by atoms with E-state index in [1.807, 2.05) is 0 Å². The topological polar surface area (TPSA) is 49.3 Å². The van der Waals surface area contributed by atoms with Crippen molar-refractivity contribution < 1.29 is 9.90 Å². The lowest BCUT2D eigenvalue weighted by Crippen LogP contribution is -2.21. The fourth-order valence-corrected chi connectivity index (χ4v) is 6.23. The van der Waals surface area contributed by atoms with Crippen molar-refractivity contribution in [3.63, 3.8) is 0 Å². The number of carbonyl (C=O) groups is 1. The first kappa shape index (κ1) is 38.3. The molecule has 1 aliphatic rings. The summed E-state index contributed by atoms with van der Waals surface area (Å²) in [6, 6.07) is 32.6. The van der Waals surface area contributed by atoms with Gasteiger partial charge < -0.3 is 10.4 Å². The normalized spacial score (nSPS) is 14.4. The number of hydrogen-bond acceptors (Lipinski definition) is 2. The van der Waals surface area contributed by atoms with Crippen molar-refractivity contribution in [3.8, 4) is 0 Å². The molecule has 3 aromatic rings. The van der Waals surface area contributed by atoms with Gasteiger partial charge in [-0.3, -0.25) is 4.79 Å². The van der Waals surface area contributed by atoms with Crippen LogP contribution in [0.25, 0.3) is 0 Å². The number of allylic oxidation sites excluding steroid dienone is 2. The second-order valence-electron chi connectivity index (χ2n) is 12.5. The molecule has 3 aromatic carbocycles. The summed E-state index contributed by atoms with van der Waals surface area (Å²) < 4.78 is 0. The highest BCUT2D eigenvalue weighted by Gasteiger charge is 2.14. The molecule has 45 heavy (non-hydrogen) atoms. The van der Waals surface area contributed by atoms with E-state index in [-0.39, 0.29) is 12.4 Å². The zero-order valence-corrected chi connectivity index (χ0v) is 28.4. The summed E-state index contributed by atoms with van der Waals surface area (Å²) in [6.45, 7) is 3.22. The maximum absolute atomic E-state index is 10.3. The predicted molar refractivity (Wildman–Crippen MR) is 194 cm³/mol. The molecule has 3 nitrogen and oxygen atoms in total. The third-order valence-electron chi connectivity index (χ3n) is 8.91. The minimum atomic E-state index is -0.655. The maximum Gasteiger partial charge on any atom is 0.303 e. The molecule has 2 atom stereocenters. The van der Waals surface area contributed by atoms with Gasteiger partial charge in [-0.25, -0.2) is 0 Å². The molecule has 246 valence electrons. The molecular formula is C41H58ClNO2. The van der Waals surface area contributed by atoms with Gasteiger partial charge in [0.1, 0.15) is 0 Å². The van der Waals surface area contributed by atoms with Crippen LogP contribution in [0.5, 0.6) is 0 Å². The second-order valence-corrected chi connectivity index (χ2v) is 12.5. The first-order valence-corrected chi connectivity index (χ1v) is 17.4. The van der Waals surface area contributed by atoms with Gasteiger partial charge in [-0.1, -0.05) is 161 Å². The largest absolute Gasteiger partial charge is 0.481 e. The van der Waals surface area contributed by atoms with Gasteiger partial charge in [0.25, 0.3) is 0 Å². The zero-order chi connectivity index (χ0) is 31.1. The summed E-state index contributed by atoms with van der Waals surface area (Å²) >= 11 is 0. The first-order chi connectivity index (χ1) is 21.6. The van der Waals surface area contributed by atoms with Crippen LogP contribution in [0.3, 0.4) is 0 Å². The molecule has 0 amide bonds. The predicted octanol–water partition coefficient (Wildman–Crippen LogP) is 11.7. The van der Waals surface area contributed by atoms with Crippen molar-refractivity contribution in [2.45, 2.75) is 115 Å². The van der Waals surface area contributed by atoms with Crippen LogP contribution in [0.1, 0.15) is 132 Å². The molecule has 0 aliphatic heterocycles. The average Bonchev–Trinajstić information content (AvgIpc) is 3.59. The van der Waals surface area contributed by atoms with Gasteiger partial charge in [-0.15, -0.1) is 12.4 Å². The van der Waals surface area contributed by atoms with E-state index in [9.17, 15) is 4.79 Å². The summed E-state index contributed by atoms with van der Waals surface area (Å²) in [5, 5.41) is 12.2. The third kappa shape index (κ3) is 16.8. The molecule has 4 rings (SSSR count). The standard InChI is InChI=1S/C23H25N.C18H32O2.ClH/c1-19(20-11-5-2-6-12-20)24-18-17-23(21-13-7-3-8-14-21)22-15-9-4-10-16-22;19-18(20)16-10-8-6-4-2-1-3-5-7-9-13-17-14-11-12-15-17;/h2-16,19,23-24H,17-18H2,1H3;11,14,17H,1-10,12-13,15-16H2,(H,19,20);1H. The average molecular weight is 632 g/mol. The number of rotatable bonds is 20. The zero-order valence-electron chi connectivity index (χ0n) is 27.6. The number of aliphatic carboxylic acids is 1. The van der Waals surface area contributed by atoms with Crippen LogP contribution < -0.4 is 5.32 Å². The molecule has 2 N–H and O–H groups in total. The number of benzene rings is 3. The molecule has 0 bridgehead atoms. The van der Waals surface area contributed by atoms with Gasteiger partial charge in [0.05, 0.1) is 0 Å². The summed E-state index contributed by atoms with van der Waals surface area (Å²) in [5.41, 5.74) is 4.12. The number of carboxylic acids is 1. The molecule has 0 spiro atoms. The van der Waals surface area contributed by atoms with Crippen molar-refractivity contribution in [3.05, 3.63) is 120 Å². The van der Waals surface area contributed by atoms with Gasteiger partial charge in [0.15, 0.2) is 0 Å². The number of hydrogen-bond donors (Lipinski definition) is 2. The van der Waals surface area contributed by atoms with Gasteiger partial charge >= 0.3 is 5.97 Å². The van der Waals surface area contributed by atoms with Crippen LogP contribution in [0.2, 0.25) is 0 Å². The summed E-state index contributed by atoms with van der Waals surface area (Å²) in [5.74, 6) is 0.668. The minimum Gasteiger partial charge on any atom is -0.481 e. The van der Waals surface area contributed by atoms with E-state index in [0.717, 1.165) is 31.7 Å². The molecule has 1 aliphatic carbocycles. The van der Waals surface area contributed by atoms with Gasteiger partial charge in [-0.05, 0) is 68.2 Å². The van der Waals surface area contributed by atoms with E-state index in [1.165, 1.54) is 87.3 Å². The number of carboxylic acid groups (broad SMARTS) is 1. The third-order valence-corrected chi connectivity index (χ3v) is 8.91. The van der Waals surface area contributed by atoms with E-state index in [1.54, 1.807) is 0 Å². The minimum absolute atomic E-state index is 0. The number of nitrogens with one attached hydrogen (secondary N) is 1. The molecule has 0 saturated heterocycles. The van der Waals surface area contributed by atoms with E-state index in [0.29, 0.717) is 18.4 Å². The van der Waals surface area contributed by atoms with Crippen molar-refractivity contribution in [2.75, 3.05) is 6.54 Å². The summed E-state index contributed by atoms with van der Waals surface area (Å²) in [4.78, 5) is 10.3. The lowest BCUT2D eigenvalue weighted by atomic mass is 9.88. The molecule has 2 unspecified atom stereocenters. The van der Waals surface area contributed by atoms with Crippen LogP contribution in [-0.4, -0.2) is 17.6 Å². The quantitative estimate of drug-likeness (QED) is 0.0963. The molecule has 0 heterocycles. The van der Waals surface area contributed by atoms with Gasteiger partial charge in [0.2, 0.25) is 0 Å². The van der Waals surface area contributed by atoms with Crippen LogP contribution in [0.15, 0.2) is 103 Å². The summed E-state index contributed by atoms with van der Waals surface area (Å²) in [6.07, 6.45) is 23.0. The fraction of sp³-hybridized carbons (Fsp3) is 0.488. The number of halogens is 1. The Morgan fingerprint density at radius 1 is 0.711 bits per heavy atom. The highest BCUT2D eigenvalue weighted by molar-refractivity contribution is 5.85. The van der Waals surface area contributed by atoms with Crippen LogP contribution in [-0.2, 0) is 4.79 Å². The van der Waals surface area contributed by atoms with Crippen LogP contribution in [0.4, 0.5) is 0 Å². The van der Waals surface area contributed by atoms with E-state index < -0.39 is 5.97 Å². The van der Waals surface area contributed by atoms with E-state index >= 15 is 0 Å². The molecule has 0 aromatic heterocycles. The Balaban J connectivity index is 0.000000313.